The minimum atomic E-state index is -3.41. The van der Waals surface area contributed by atoms with E-state index in [0.717, 1.165) is 23.2 Å². The molecule has 1 aliphatic rings. The lowest BCUT2D eigenvalue weighted by molar-refractivity contribution is 0.182. The highest BCUT2D eigenvalue weighted by molar-refractivity contribution is 7.90. The van der Waals surface area contributed by atoms with Gasteiger partial charge in [-0.1, -0.05) is 0 Å². The van der Waals surface area contributed by atoms with Crippen LogP contribution in [0.15, 0.2) is 58.7 Å². The molecule has 0 spiro atoms. The number of benzene rings is 1. The second kappa shape index (κ2) is 9.22. The Bertz CT molecular complexity index is 1270. The predicted molar refractivity (Wildman–Crippen MR) is 122 cm³/mol. The number of aromatic nitrogens is 2. The number of rotatable bonds is 8. The summed E-state index contributed by atoms with van der Waals surface area (Å²) in [7, 11) is -3.41. The number of hydrogen-bond acceptors (Lipinski definition) is 7. The Labute approximate surface area is 191 Å². The van der Waals surface area contributed by atoms with Crippen LogP contribution in [0.25, 0.3) is 11.3 Å². The molecule has 174 valence electrons. The first-order valence-electron chi connectivity index (χ1n) is 10.3. The minimum Gasteiger partial charge on any atom is -0.488 e. The minimum absolute atomic E-state index is 0.0466. The Morgan fingerprint density at radius 2 is 1.91 bits per heavy atom. The predicted octanol–water partition coefficient (Wildman–Crippen LogP) is 4.17. The highest BCUT2D eigenvalue weighted by Crippen LogP contribution is 2.33. The Balaban J connectivity index is 1.65. The van der Waals surface area contributed by atoms with E-state index in [2.05, 4.69) is 15.0 Å². The standard InChI is InChI=1S/C23H24FN3O5S/c1-14-13-30-23(26-14)21-6-5-20(27-21)16-8-18(31-15(2)11-24)10-19(9-16)32-17-4-7-22(25-12-17)33(3,28)29/h4-10,12,14-15,27H,11,13H2,1-3H3/t14-,15+/m1/s1. The van der Waals surface area contributed by atoms with Crippen LogP contribution in [0.2, 0.25) is 0 Å². The largest absolute Gasteiger partial charge is 0.488 e. The highest BCUT2D eigenvalue weighted by Gasteiger charge is 2.18. The number of aromatic amines is 1. The molecule has 0 unspecified atom stereocenters. The zero-order valence-corrected chi connectivity index (χ0v) is 19.2. The summed E-state index contributed by atoms with van der Waals surface area (Å²) in [6.45, 7) is 3.51. The van der Waals surface area contributed by atoms with Gasteiger partial charge in [0, 0.05) is 23.6 Å². The van der Waals surface area contributed by atoms with Crippen molar-refractivity contribution in [1.29, 1.82) is 0 Å². The van der Waals surface area contributed by atoms with Crippen LogP contribution in [0.4, 0.5) is 4.39 Å². The lowest BCUT2D eigenvalue weighted by Crippen LogP contribution is -2.13. The molecule has 3 aromatic rings. The second-order valence-corrected chi connectivity index (χ2v) is 9.82. The molecule has 1 N–H and O–H groups in total. The Kier molecular flexibility index (Phi) is 6.37. The third-order valence-corrected chi connectivity index (χ3v) is 5.79. The molecule has 0 amide bonds. The van der Waals surface area contributed by atoms with Gasteiger partial charge < -0.3 is 19.2 Å². The van der Waals surface area contributed by atoms with Crippen molar-refractivity contribution in [2.45, 2.75) is 31.0 Å². The van der Waals surface area contributed by atoms with Gasteiger partial charge >= 0.3 is 0 Å². The van der Waals surface area contributed by atoms with Crippen LogP contribution in [0.1, 0.15) is 19.5 Å². The number of alkyl halides is 1. The van der Waals surface area contributed by atoms with E-state index in [9.17, 15) is 12.8 Å². The summed E-state index contributed by atoms with van der Waals surface area (Å²) in [6, 6.07) is 11.9. The SMILES string of the molecule is C[C@@H]1COC(c2ccc(-c3cc(Oc4ccc(S(C)(=O)=O)nc4)cc(O[C@@H](C)CF)c3)[nH]2)=N1. The first-order chi connectivity index (χ1) is 15.7. The van der Waals surface area contributed by atoms with Crippen molar-refractivity contribution in [1.82, 2.24) is 9.97 Å². The number of hydrogen-bond donors (Lipinski definition) is 1. The maximum Gasteiger partial charge on any atom is 0.233 e. The molecule has 0 bridgehead atoms. The normalized spacial score (nSPS) is 16.7. The molecular weight excluding hydrogens is 449 g/mol. The van der Waals surface area contributed by atoms with Gasteiger partial charge in [-0.3, -0.25) is 0 Å². The van der Waals surface area contributed by atoms with E-state index < -0.39 is 22.6 Å². The third-order valence-electron chi connectivity index (χ3n) is 4.79. The van der Waals surface area contributed by atoms with E-state index in [1.54, 1.807) is 25.1 Å². The summed E-state index contributed by atoms with van der Waals surface area (Å²) in [5.41, 5.74) is 2.26. The number of pyridine rings is 1. The third kappa shape index (κ3) is 5.51. The number of nitrogens with zero attached hydrogens (tertiary/aromatic N) is 2. The summed E-state index contributed by atoms with van der Waals surface area (Å²) >= 11 is 0. The van der Waals surface area contributed by atoms with Crippen molar-refractivity contribution in [3.63, 3.8) is 0 Å². The molecule has 1 aromatic carbocycles. The van der Waals surface area contributed by atoms with Crippen LogP contribution >= 0.6 is 0 Å². The number of aliphatic imine (C=N–C) groups is 1. The molecule has 0 fully saturated rings. The van der Waals surface area contributed by atoms with E-state index in [-0.39, 0.29) is 11.1 Å². The van der Waals surface area contributed by atoms with Gasteiger partial charge in [-0.2, -0.15) is 0 Å². The van der Waals surface area contributed by atoms with Gasteiger partial charge in [-0.15, -0.1) is 0 Å². The molecule has 0 radical (unpaired) electrons. The van der Waals surface area contributed by atoms with Gasteiger partial charge in [0.25, 0.3) is 0 Å². The van der Waals surface area contributed by atoms with Crippen molar-refractivity contribution in [2.75, 3.05) is 19.5 Å². The van der Waals surface area contributed by atoms with Crippen LogP contribution < -0.4 is 9.47 Å². The molecule has 0 saturated carbocycles. The average Bonchev–Trinajstić information content (AvgIpc) is 3.42. The average molecular weight is 474 g/mol. The van der Waals surface area contributed by atoms with E-state index in [4.69, 9.17) is 14.2 Å². The van der Waals surface area contributed by atoms with Crippen LogP contribution in [0, 0.1) is 0 Å². The monoisotopic (exact) mass is 473 g/mol. The molecule has 0 saturated heterocycles. The van der Waals surface area contributed by atoms with Gasteiger partial charge in [-0.05, 0) is 50.2 Å². The van der Waals surface area contributed by atoms with Crippen molar-refractivity contribution in [2.24, 2.45) is 4.99 Å². The fourth-order valence-electron chi connectivity index (χ4n) is 3.21. The van der Waals surface area contributed by atoms with E-state index in [1.807, 2.05) is 19.1 Å². The molecule has 0 aliphatic carbocycles. The fourth-order valence-corrected chi connectivity index (χ4v) is 3.77. The molecule has 8 nitrogen and oxygen atoms in total. The molecule has 4 rings (SSSR count). The number of nitrogens with one attached hydrogen (secondary N) is 1. The smallest absolute Gasteiger partial charge is 0.233 e. The quantitative estimate of drug-likeness (QED) is 0.527. The fraction of sp³-hybridized carbons (Fsp3) is 0.304. The Morgan fingerprint density at radius 1 is 1.15 bits per heavy atom. The van der Waals surface area contributed by atoms with Crippen LogP contribution in [-0.4, -0.2) is 56.0 Å². The van der Waals surface area contributed by atoms with Gasteiger partial charge in [-0.25, -0.2) is 22.8 Å². The second-order valence-electron chi connectivity index (χ2n) is 7.86. The van der Waals surface area contributed by atoms with Gasteiger partial charge in [0.2, 0.25) is 5.90 Å². The summed E-state index contributed by atoms with van der Waals surface area (Å²) in [6.07, 6.45) is 1.78. The zero-order chi connectivity index (χ0) is 23.6. The van der Waals surface area contributed by atoms with E-state index in [0.29, 0.717) is 29.8 Å². The summed E-state index contributed by atoms with van der Waals surface area (Å²) in [4.78, 5) is 11.7. The summed E-state index contributed by atoms with van der Waals surface area (Å²) < 4.78 is 53.5. The van der Waals surface area contributed by atoms with Crippen molar-refractivity contribution >= 4 is 15.7 Å². The summed E-state index contributed by atoms with van der Waals surface area (Å²) in [5.74, 6) is 1.74. The van der Waals surface area contributed by atoms with Crippen molar-refractivity contribution in [3.05, 3.63) is 54.4 Å². The molecule has 2 atom stereocenters. The maximum absolute atomic E-state index is 13.0. The molecule has 2 aromatic heterocycles. The van der Waals surface area contributed by atoms with Crippen LogP contribution in [0.3, 0.4) is 0 Å². The number of halogens is 1. The maximum atomic E-state index is 13.0. The van der Waals surface area contributed by atoms with Gasteiger partial charge in [0.1, 0.15) is 42.3 Å². The first-order valence-corrected chi connectivity index (χ1v) is 12.2. The Morgan fingerprint density at radius 3 is 2.55 bits per heavy atom. The van der Waals surface area contributed by atoms with Gasteiger partial charge in [0.15, 0.2) is 14.9 Å². The number of sulfone groups is 1. The van der Waals surface area contributed by atoms with Crippen molar-refractivity contribution in [3.8, 4) is 28.5 Å². The van der Waals surface area contributed by atoms with Crippen molar-refractivity contribution < 1.29 is 27.0 Å². The first kappa shape index (κ1) is 22.8. The van der Waals surface area contributed by atoms with Crippen LogP contribution in [0.5, 0.6) is 17.2 Å². The van der Waals surface area contributed by atoms with E-state index in [1.165, 1.54) is 18.3 Å². The zero-order valence-electron chi connectivity index (χ0n) is 18.4. The molecule has 33 heavy (non-hydrogen) atoms. The molecular formula is C23H24FN3O5S. The van der Waals surface area contributed by atoms with Crippen LogP contribution in [-0.2, 0) is 14.6 Å². The molecule has 3 heterocycles. The highest BCUT2D eigenvalue weighted by atomic mass is 32.2. The van der Waals surface area contributed by atoms with E-state index >= 15 is 0 Å². The summed E-state index contributed by atoms with van der Waals surface area (Å²) in [5, 5.41) is -0.0466. The topological polar surface area (TPSA) is 103 Å². The molecule has 1 aliphatic heterocycles. The van der Waals surface area contributed by atoms with Gasteiger partial charge in [0.05, 0.1) is 12.2 Å². The lowest BCUT2D eigenvalue weighted by Gasteiger charge is -2.14. The number of ether oxygens (including phenoxy) is 3. The molecule has 10 heteroatoms. The number of H-pyrrole nitrogens is 1. The Hall–Kier alpha value is -3.40. The lowest BCUT2D eigenvalue weighted by atomic mass is 10.1.